The number of sulfonamides is 1. The minimum atomic E-state index is -3.89. The Morgan fingerprint density at radius 3 is 2.39 bits per heavy atom. The monoisotopic (exact) mass is 537 g/mol. The average Bonchev–Trinajstić information content (AvgIpc) is 3.45. The molecular weight excluding hydrogens is 505 g/mol. The number of nitrogens with zero attached hydrogens (tertiary/aromatic N) is 2. The zero-order valence-corrected chi connectivity index (χ0v) is 22.0. The molecule has 1 N–H and O–H groups in total. The van der Waals surface area contributed by atoms with E-state index in [1.54, 1.807) is 0 Å². The molecular formula is C29H32FN3O4S. The first-order chi connectivity index (χ1) is 18.4. The normalized spacial score (nSPS) is 18.9. The molecule has 0 aromatic heterocycles. The number of amides is 1. The Bertz CT molecular complexity index is 1360. The largest absolute Gasteiger partial charge is 0.379 e. The van der Waals surface area contributed by atoms with E-state index in [4.69, 9.17) is 4.74 Å². The Hall–Kier alpha value is -3.11. The lowest BCUT2D eigenvalue weighted by Gasteiger charge is -2.26. The second-order valence-electron chi connectivity index (χ2n) is 9.73. The molecule has 7 nitrogen and oxygen atoms in total. The molecule has 2 aliphatic rings. The van der Waals surface area contributed by atoms with Crippen LogP contribution in [0.5, 0.6) is 0 Å². The van der Waals surface area contributed by atoms with Gasteiger partial charge in [0.1, 0.15) is 11.9 Å². The number of morpholine rings is 1. The third-order valence-electron chi connectivity index (χ3n) is 7.12. The summed E-state index contributed by atoms with van der Waals surface area (Å²) in [5.74, 6) is -0.836. The molecule has 200 valence electrons. The quantitative estimate of drug-likeness (QED) is 0.473. The summed E-state index contributed by atoms with van der Waals surface area (Å²) in [5, 5.41) is 2.92. The van der Waals surface area contributed by atoms with Gasteiger partial charge in [-0.3, -0.25) is 9.69 Å². The van der Waals surface area contributed by atoms with Gasteiger partial charge >= 0.3 is 0 Å². The van der Waals surface area contributed by atoms with Crippen molar-refractivity contribution < 1.29 is 22.3 Å². The van der Waals surface area contributed by atoms with Crippen LogP contribution >= 0.6 is 0 Å². The molecule has 2 saturated heterocycles. The van der Waals surface area contributed by atoms with Crippen molar-refractivity contribution in [2.45, 2.75) is 36.9 Å². The van der Waals surface area contributed by atoms with Gasteiger partial charge in [0.25, 0.3) is 0 Å². The summed E-state index contributed by atoms with van der Waals surface area (Å²) in [6.45, 7) is 4.93. The van der Waals surface area contributed by atoms with E-state index in [1.807, 2.05) is 24.3 Å². The molecule has 3 aromatic rings. The summed E-state index contributed by atoms with van der Waals surface area (Å²) in [5.41, 5.74) is 4.34. The fourth-order valence-electron chi connectivity index (χ4n) is 5.02. The van der Waals surface area contributed by atoms with Gasteiger partial charge in [0.2, 0.25) is 15.9 Å². The Morgan fingerprint density at radius 1 is 0.921 bits per heavy atom. The topological polar surface area (TPSA) is 79.0 Å². The van der Waals surface area contributed by atoms with Crippen molar-refractivity contribution in [3.8, 4) is 11.1 Å². The highest BCUT2D eigenvalue weighted by Crippen LogP contribution is 2.27. The number of hydrogen-bond acceptors (Lipinski definition) is 5. The van der Waals surface area contributed by atoms with E-state index in [0.717, 1.165) is 61.7 Å². The van der Waals surface area contributed by atoms with Crippen molar-refractivity contribution in [1.29, 1.82) is 0 Å². The molecule has 0 aliphatic carbocycles. The molecule has 38 heavy (non-hydrogen) atoms. The number of ether oxygens (including phenoxy) is 1. The van der Waals surface area contributed by atoms with Crippen LogP contribution in [0.2, 0.25) is 0 Å². The third-order valence-corrected chi connectivity index (χ3v) is 9.04. The summed E-state index contributed by atoms with van der Waals surface area (Å²) in [7, 11) is -3.89. The van der Waals surface area contributed by atoms with Crippen LogP contribution < -0.4 is 5.32 Å². The second kappa shape index (κ2) is 11.7. The zero-order valence-electron chi connectivity index (χ0n) is 21.2. The lowest BCUT2D eigenvalue weighted by Crippen LogP contribution is -2.45. The highest BCUT2D eigenvalue weighted by Gasteiger charge is 2.39. The highest BCUT2D eigenvalue weighted by molar-refractivity contribution is 7.89. The van der Waals surface area contributed by atoms with Crippen LogP contribution in [0.15, 0.2) is 77.7 Å². The van der Waals surface area contributed by atoms with Gasteiger partial charge in [0.05, 0.1) is 18.1 Å². The summed E-state index contributed by atoms with van der Waals surface area (Å²) >= 11 is 0. The molecule has 0 unspecified atom stereocenters. The van der Waals surface area contributed by atoms with Crippen molar-refractivity contribution in [3.05, 3.63) is 89.7 Å². The van der Waals surface area contributed by atoms with E-state index in [-0.39, 0.29) is 17.3 Å². The molecule has 0 saturated carbocycles. The number of benzene rings is 3. The lowest BCUT2D eigenvalue weighted by molar-refractivity contribution is -0.124. The van der Waals surface area contributed by atoms with Crippen LogP contribution in [0, 0.1) is 5.82 Å². The van der Waals surface area contributed by atoms with Crippen LogP contribution in [-0.4, -0.2) is 62.4 Å². The maximum absolute atomic E-state index is 13.3. The minimum Gasteiger partial charge on any atom is -0.379 e. The number of rotatable bonds is 8. The Morgan fingerprint density at radius 2 is 1.66 bits per heavy atom. The predicted molar refractivity (Wildman–Crippen MR) is 143 cm³/mol. The van der Waals surface area contributed by atoms with Crippen molar-refractivity contribution >= 4 is 15.9 Å². The Kier molecular flexibility index (Phi) is 8.18. The molecule has 3 aromatic carbocycles. The second-order valence-corrected chi connectivity index (χ2v) is 11.6. The number of halogens is 1. The first-order valence-electron chi connectivity index (χ1n) is 12.9. The highest BCUT2D eigenvalue weighted by atomic mass is 32.2. The Labute approximate surface area is 223 Å². The van der Waals surface area contributed by atoms with Gasteiger partial charge < -0.3 is 10.1 Å². The summed E-state index contributed by atoms with van der Waals surface area (Å²) in [6, 6.07) is 20.4. The summed E-state index contributed by atoms with van der Waals surface area (Å²) < 4.78 is 46.1. The molecule has 2 fully saturated rings. The molecule has 2 aliphatic heterocycles. The molecule has 5 rings (SSSR count). The molecule has 0 bridgehead atoms. The van der Waals surface area contributed by atoms with E-state index in [9.17, 15) is 17.6 Å². The first-order valence-corrected chi connectivity index (χ1v) is 14.4. The van der Waals surface area contributed by atoms with Gasteiger partial charge in [0, 0.05) is 32.7 Å². The van der Waals surface area contributed by atoms with Crippen molar-refractivity contribution in [3.63, 3.8) is 0 Å². The van der Waals surface area contributed by atoms with Crippen LogP contribution in [-0.2, 0) is 32.6 Å². The van der Waals surface area contributed by atoms with Gasteiger partial charge in [-0.05, 0) is 65.4 Å². The number of carbonyl (C=O) groups is 1. The molecule has 1 amide bonds. The van der Waals surface area contributed by atoms with E-state index in [0.29, 0.717) is 19.4 Å². The van der Waals surface area contributed by atoms with E-state index in [2.05, 4.69) is 34.5 Å². The van der Waals surface area contributed by atoms with Crippen molar-refractivity contribution in [1.82, 2.24) is 14.5 Å². The zero-order chi connectivity index (χ0) is 26.5. The standard InChI is InChI=1S/C29H32FN3O4S/c30-26-10-12-27(13-11-26)38(35,36)33-14-2-5-28(33)29(34)31-20-23-3-1-4-25(19-23)24-8-6-22(7-9-24)21-32-15-17-37-18-16-32/h1,3-4,6-13,19,28H,2,5,14-18,20-21H2,(H,31,34)/t28-/m0/s1. The fourth-order valence-corrected chi connectivity index (χ4v) is 6.68. The van der Waals surface area contributed by atoms with Crippen LogP contribution in [0.25, 0.3) is 11.1 Å². The Balaban J connectivity index is 1.21. The van der Waals surface area contributed by atoms with Crippen molar-refractivity contribution in [2.24, 2.45) is 0 Å². The molecule has 2 heterocycles. The molecule has 0 spiro atoms. The lowest BCUT2D eigenvalue weighted by atomic mass is 10.0. The van der Waals surface area contributed by atoms with E-state index >= 15 is 0 Å². The van der Waals surface area contributed by atoms with Gasteiger partial charge in [-0.2, -0.15) is 4.31 Å². The van der Waals surface area contributed by atoms with Gasteiger partial charge in [-0.25, -0.2) is 12.8 Å². The van der Waals surface area contributed by atoms with E-state index < -0.39 is 21.9 Å². The van der Waals surface area contributed by atoms with Gasteiger partial charge in [0.15, 0.2) is 0 Å². The van der Waals surface area contributed by atoms with Crippen LogP contribution in [0.1, 0.15) is 24.0 Å². The number of hydrogen-bond donors (Lipinski definition) is 1. The number of carbonyl (C=O) groups excluding carboxylic acids is 1. The van der Waals surface area contributed by atoms with Gasteiger partial charge in [-0.1, -0.05) is 42.5 Å². The maximum Gasteiger partial charge on any atom is 0.243 e. The average molecular weight is 538 g/mol. The maximum atomic E-state index is 13.3. The molecule has 0 radical (unpaired) electrons. The molecule has 9 heteroatoms. The van der Waals surface area contributed by atoms with E-state index in [1.165, 1.54) is 22.0 Å². The number of nitrogens with one attached hydrogen (secondary N) is 1. The van der Waals surface area contributed by atoms with Crippen LogP contribution in [0.3, 0.4) is 0 Å². The SMILES string of the molecule is O=C(NCc1cccc(-c2ccc(CN3CCOCC3)cc2)c1)[C@@H]1CCCN1S(=O)(=O)c1ccc(F)cc1. The summed E-state index contributed by atoms with van der Waals surface area (Å²) in [6.07, 6.45) is 1.04. The molecule has 1 atom stereocenters. The fraction of sp³-hybridized carbons (Fsp3) is 0.345. The van der Waals surface area contributed by atoms with Crippen LogP contribution in [0.4, 0.5) is 4.39 Å². The minimum absolute atomic E-state index is 0.0118. The smallest absolute Gasteiger partial charge is 0.243 e. The third kappa shape index (κ3) is 6.13. The first kappa shape index (κ1) is 26.5. The van der Waals surface area contributed by atoms with Gasteiger partial charge in [-0.15, -0.1) is 0 Å². The predicted octanol–water partition coefficient (Wildman–Crippen LogP) is 3.79. The summed E-state index contributed by atoms with van der Waals surface area (Å²) in [4.78, 5) is 15.4. The van der Waals surface area contributed by atoms with Crippen molar-refractivity contribution in [2.75, 3.05) is 32.8 Å².